The number of nitrogens with one attached hydrogen (secondary N) is 2. The number of hydrogen-bond donors (Lipinski definition) is 2. The predicted molar refractivity (Wildman–Crippen MR) is 66.7 cm³/mol. The largest absolute Gasteiger partial charge is 0.380 e. The van der Waals surface area contributed by atoms with E-state index in [2.05, 4.69) is 40.3 Å². The summed E-state index contributed by atoms with van der Waals surface area (Å²) >= 11 is 1.81. The van der Waals surface area contributed by atoms with E-state index in [0.717, 1.165) is 13.1 Å². The highest BCUT2D eigenvalue weighted by molar-refractivity contribution is 7.17. The van der Waals surface area contributed by atoms with Gasteiger partial charge in [-0.2, -0.15) is 0 Å². The highest BCUT2D eigenvalue weighted by Gasteiger charge is 2.14. The van der Waals surface area contributed by atoms with Crippen molar-refractivity contribution in [3.63, 3.8) is 0 Å². The van der Waals surface area contributed by atoms with Crippen LogP contribution in [0.15, 0.2) is 29.6 Å². The first kappa shape index (κ1) is 9.19. The van der Waals surface area contributed by atoms with E-state index in [1.807, 2.05) is 11.3 Å². The maximum atomic E-state index is 3.62. The van der Waals surface area contributed by atoms with Crippen LogP contribution in [0.4, 0.5) is 5.69 Å². The van der Waals surface area contributed by atoms with Crippen molar-refractivity contribution in [1.82, 2.24) is 5.32 Å². The molecule has 0 amide bonds. The second-order valence-electron chi connectivity index (χ2n) is 3.98. The summed E-state index contributed by atoms with van der Waals surface area (Å²) in [6.45, 7) is 2.22. The molecule has 0 bridgehead atoms. The van der Waals surface area contributed by atoms with Crippen molar-refractivity contribution >= 4 is 27.1 Å². The Kier molecular flexibility index (Phi) is 2.35. The molecule has 0 aliphatic carbocycles. The first-order valence-electron chi connectivity index (χ1n) is 5.37. The summed E-state index contributed by atoms with van der Waals surface area (Å²) in [7, 11) is 0. The molecular formula is C12H14N2S. The van der Waals surface area contributed by atoms with Crippen molar-refractivity contribution < 1.29 is 0 Å². The molecule has 0 radical (unpaired) electrons. The molecule has 2 aromatic rings. The Balaban J connectivity index is 1.92. The molecule has 1 aromatic carbocycles. The lowest BCUT2D eigenvalue weighted by Crippen LogP contribution is -2.21. The smallest absolute Gasteiger partial charge is 0.0574 e. The zero-order chi connectivity index (χ0) is 10.1. The molecule has 2 heterocycles. The van der Waals surface area contributed by atoms with Gasteiger partial charge in [-0.25, -0.2) is 0 Å². The van der Waals surface area contributed by atoms with Gasteiger partial charge in [0.15, 0.2) is 0 Å². The summed E-state index contributed by atoms with van der Waals surface area (Å²) in [4.78, 5) is 0. The van der Waals surface area contributed by atoms with E-state index in [1.165, 1.54) is 22.2 Å². The highest BCUT2D eigenvalue weighted by Crippen LogP contribution is 2.29. The fourth-order valence-corrected chi connectivity index (χ4v) is 2.98. The molecule has 1 aromatic heterocycles. The van der Waals surface area contributed by atoms with Gasteiger partial charge in [0.1, 0.15) is 0 Å². The van der Waals surface area contributed by atoms with Gasteiger partial charge in [-0.3, -0.25) is 0 Å². The topological polar surface area (TPSA) is 24.1 Å². The van der Waals surface area contributed by atoms with Gasteiger partial charge in [-0.1, -0.05) is 12.1 Å². The Hall–Kier alpha value is -1.06. The summed E-state index contributed by atoms with van der Waals surface area (Å²) < 4.78 is 1.38. The van der Waals surface area contributed by atoms with E-state index < -0.39 is 0 Å². The zero-order valence-electron chi connectivity index (χ0n) is 8.49. The van der Waals surface area contributed by atoms with Crippen molar-refractivity contribution in [2.75, 3.05) is 18.4 Å². The van der Waals surface area contributed by atoms with Gasteiger partial charge in [0.05, 0.1) is 10.4 Å². The summed E-state index contributed by atoms with van der Waals surface area (Å²) in [5.74, 6) is 0. The van der Waals surface area contributed by atoms with Crippen LogP contribution in [0.1, 0.15) is 6.42 Å². The monoisotopic (exact) mass is 218 g/mol. The van der Waals surface area contributed by atoms with Gasteiger partial charge < -0.3 is 10.6 Å². The molecule has 1 fully saturated rings. The Bertz CT molecular complexity index is 457. The first-order chi connectivity index (χ1) is 7.43. The quantitative estimate of drug-likeness (QED) is 0.810. The van der Waals surface area contributed by atoms with Crippen molar-refractivity contribution in [2.45, 2.75) is 12.5 Å². The molecule has 0 unspecified atom stereocenters. The molecule has 15 heavy (non-hydrogen) atoms. The van der Waals surface area contributed by atoms with Gasteiger partial charge in [0.25, 0.3) is 0 Å². The predicted octanol–water partition coefficient (Wildman–Crippen LogP) is 2.68. The number of rotatable bonds is 2. The summed E-state index contributed by atoms with van der Waals surface area (Å²) in [5.41, 5.74) is 1.29. The lowest BCUT2D eigenvalue weighted by Gasteiger charge is -2.13. The fourth-order valence-electron chi connectivity index (χ4n) is 2.10. The maximum Gasteiger partial charge on any atom is 0.0574 e. The molecule has 1 saturated heterocycles. The van der Waals surface area contributed by atoms with Crippen molar-refractivity contribution in [1.29, 1.82) is 0 Å². The van der Waals surface area contributed by atoms with Crippen LogP contribution in [-0.2, 0) is 0 Å². The Morgan fingerprint density at radius 1 is 1.33 bits per heavy atom. The van der Waals surface area contributed by atoms with E-state index in [9.17, 15) is 0 Å². The minimum absolute atomic E-state index is 0.595. The lowest BCUT2D eigenvalue weighted by molar-refractivity contribution is 0.795. The minimum Gasteiger partial charge on any atom is -0.380 e. The molecule has 1 atom stereocenters. The van der Waals surface area contributed by atoms with Gasteiger partial charge in [-0.05, 0) is 35.9 Å². The average molecular weight is 218 g/mol. The fraction of sp³-hybridized carbons (Fsp3) is 0.333. The van der Waals surface area contributed by atoms with E-state index in [1.54, 1.807) is 0 Å². The van der Waals surface area contributed by atoms with Gasteiger partial charge in [-0.15, -0.1) is 11.3 Å². The third-order valence-corrected chi connectivity index (χ3v) is 3.86. The molecule has 0 saturated carbocycles. The van der Waals surface area contributed by atoms with Crippen LogP contribution in [0.2, 0.25) is 0 Å². The SMILES string of the molecule is c1cc(N[C@@H]2CCNC2)c2sccc2c1. The third kappa shape index (κ3) is 1.73. The van der Waals surface area contributed by atoms with Crippen LogP contribution in [0.25, 0.3) is 10.1 Å². The lowest BCUT2D eigenvalue weighted by atomic mass is 10.2. The molecule has 2 nitrogen and oxygen atoms in total. The Labute approximate surface area is 93.3 Å². The third-order valence-electron chi connectivity index (χ3n) is 2.90. The first-order valence-corrected chi connectivity index (χ1v) is 6.25. The van der Waals surface area contributed by atoms with Crippen LogP contribution in [-0.4, -0.2) is 19.1 Å². The average Bonchev–Trinajstić information content (AvgIpc) is 2.87. The van der Waals surface area contributed by atoms with E-state index >= 15 is 0 Å². The molecule has 3 heteroatoms. The molecule has 2 N–H and O–H groups in total. The van der Waals surface area contributed by atoms with Crippen LogP contribution in [0.3, 0.4) is 0 Å². The minimum atomic E-state index is 0.595. The molecule has 1 aliphatic rings. The summed E-state index contributed by atoms with van der Waals surface area (Å²) in [6.07, 6.45) is 1.22. The second kappa shape index (κ2) is 3.83. The van der Waals surface area contributed by atoms with Crippen LogP contribution in [0, 0.1) is 0 Å². The Morgan fingerprint density at radius 2 is 2.33 bits per heavy atom. The molecular weight excluding hydrogens is 204 g/mol. The van der Waals surface area contributed by atoms with Gasteiger partial charge in [0.2, 0.25) is 0 Å². The number of anilines is 1. The van der Waals surface area contributed by atoms with Crippen molar-refractivity contribution in [3.05, 3.63) is 29.6 Å². The van der Waals surface area contributed by atoms with Crippen molar-refractivity contribution in [3.8, 4) is 0 Å². The van der Waals surface area contributed by atoms with Crippen LogP contribution >= 0.6 is 11.3 Å². The maximum absolute atomic E-state index is 3.62. The number of hydrogen-bond acceptors (Lipinski definition) is 3. The molecule has 0 spiro atoms. The van der Waals surface area contributed by atoms with Crippen molar-refractivity contribution in [2.24, 2.45) is 0 Å². The number of thiophene rings is 1. The molecule has 3 rings (SSSR count). The van der Waals surface area contributed by atoms with E-state index in [0.29, 0.717) is 6.04 Å². The summed E-state index contributed by atoms with van der Waals surface area (Å²) in [5, 5.41) is 10.5. The van der Waals surface area contributed by atoms with Gasteiger partial charge >= 0.3 is 0 Å². The van der Waals surface area contributed by atoms with E-state index in [-0.39, 0.29) is 0 Å². The Morgan fingerprint density at radius 3 is 3.20 bits per heavy atom. The normalized spacial score (nSPS) is 20.9. The zero-order valence-corrected chi connectivity index (χ0v) is 9.31. The van der Waals surface area contributed by atoms with E-state index in [4.69, 9.17) is 0 Å². The number of fused-ring (bicyclic) bond motifs is 1. The highest BCUT2D eigenvalue weighted by atomic mass is 32.1. The summed E-state index contributed by atoms with van der Waals surface area (Å²) in [6, 6.07) is 9.25. The van der Waals surface area contributed by atoms with Gasteiger partial charge in [0, 0.05) is 12.6 Å². The molecule has 78 valence electrons. The second-order valence-corrected chi connectivity index (χ2v) is 4.89. The molecule has 1 aliphatic heterocycles. The van der Waals surface area contributed by atoms with Crippen LogP contribution in [0.5, 0.6) is 0 Å². The number of benzene rings is 1. The van der Waals surface area contributed by atoms with Crippen LogP contribution < -0.4 is 10.6 Å². The standard InChI is InChI=1S/C12H14N2S/c1-2-9-5-7-15-12(9)11(3-1)14-10-4-6-13-8-10/h1-3,5,7,10,13-14H,4,6,8H2/t10-/m1/s1.